The summed E-state index contributed by atoms with van der Waals surface area (Å²) in [6.45, 7) is 0. The summed E-state index contributed by atoms with van der Waals surface area (Å²) in [7, 11) is 1.61. The van der Waals surface area contributed by atoms with E-state index in [2.05, 4.69) is 20.5 Å². The molecule has 1 N–H and O–H groups in total. The average Bonchev–Trinajstić information content (AvgIpc) is 3.25. The number of carbonyl (C=O) groups excluding carboxylic acids is 1. The van der Waals surface area contributed by atoms with Gasteiger partial charge in [-0.2, -0.15) is 0 Å². The molecule has 4 rings (SSSR count). The van der Waals surface area contributed by atoms with Gasteiger partial charge in [0.15, 0.2) is 11.0 Å². The average molecular weight is 486 g/mol. The zero-order valence-electron chi connectivity index (χ0n) is 16.8. The largest absolute Gasteiger partial charge is 0.497 e. The van der Waals surface area contributed by atoms with E-state index in [0.717, 1.165) is 17.0 Å². The van der Waals surface area contributed by atoms with Gasteiger partial charge in [-0.05, 0) is 48.5 Å². The second kappa shape index (κ2) is 10.0. The summed E-state index contributed by atoms with van der Waals surface area (Å²) in [6, 6.07) is 16.3. The van der Waals surface area contributed by atoms with Crippen molar-refractivity contribution >= 4 is 46.6 Å². The van der Waals surface area contributed by atoms with Crippen molar-refractivity contribution in [3.8, 4) is 22.8 Å². The van der Waals surface area contributed by atoms with Gasteiger partial charge >= 0.3 is 0 Å². The number of nitrogens with one attached hydrogen (secondary N) is 1. The first-order chi connectivity index (χ1) is 15.6. The van der Waals surface area contributed by atoms with E-state index in [-0.39, 0.29) is 11.7 Å². The Hall–Kier alpha value is -3.07. The summed E-state index contributed by atoms with van der Waals surface area (Å²) < 4.78 is 7.13. The highest BCUT2D eigenvalue weighted by Crippen LogP contribution is 2.31. The molecule has 2 aromatic carbocycles. The number of nitrogens with zero attached hydrogens (tertiary/aromatic N) is 4. The Morgan fingerprint density at radius 2 is 1.81 bits per heavy atom. The number of hydrogen-bond acceptors (Lipinski definition) is 6. The molecule has 2 aromatic heterocycles. The predicted molar refractivity (Wildman–Crippen MR) is 127 cm³/mol. The molecule has 0 aliphatic carbocycles. The molecule has 0 spiro atoms. The number of hydrogen-bond donors (Lipinski definition) is 1. The topological polar surface area (TPSA) is 81.9 Å². The van der Waals surface area contributed by atoms with Crippen LogP contribution in [0.1, 0.15) is 0 Å². The summed E-state index contributed by atoms with van der Waals surface area (Å²) >= 11 is 13.5. The van der Waals surface area contributed by atoms with Crippen molar-refractivity contribution in [1.82, 2.24) is 19.7 Å². The van der Waals surface area contributed by atoms with Crippen LogP contribution in [0.2, 0.25) is 10.0 Å². The SMILES string of the molecule is COc1ccc(-n2c(SCC(=O)Nc3c(Cl)cccc3Cl)nnc2-c2cccnc2)cc1. The second-order valence-corrected chi connectivity index (χ2v) is 8.27. The lowest BCUT2D eigenvalue weighted by atomic mass is 10.2. The van der Waals surface area contributed by atoms with E-state index in [1.807, 2.05) is 41.0 Å². The molecule has 0 unspecified atom stereocenters. The van der Waals surface area contributed by atoms with Gasteiger partial charge in [-0.25, -0.2) is 0 Å². The third-order valence-electron chi connectivity index (χ3n) is 4.44. The third kappa shape index (κ3) is 4.88. The zero-order chi connectivity index (χ0) is 22.5. The van der Waals surface area contributed by atoms with Crippen molar-refractivity contribution in [2.75, 3.05) is 18.2 Å². The molecule has 0 bridgehead atoms. The van der Waals surface area contributed by atoms with Gasteiger partial charge in [-0.3, -0.25) is 14.3 Å². The van der Waals surface area contributed by atoms with Gasteiger partial charge in [-0.1, -0.05) is 41.0 Å². The first kappa shape index (κ1) is 22.1. The fourth-order valence-corrected chi connectivity index (χ4v) is 4.18. The fourth-order valence-electron chi connectivity index (χ4n) is 2.93. The minimum atomic E-state index is -0.266. The number of pyridine rings is 1. The molecular weight excluding hydrogens is 469 g/mol. The highest BCUT2D eigenvalue weighted by molar-refractivity contribution is 7.99. The molecule has 0 saturated carbocycles. The molecule has 0 aliphatic rings. The quantitative estimate of drug-likeness (QED) is 0.354. The Kier molecular flexibility index (Phi) is 6.94. The van der Waals surface area contributed by atoms with Crippen LogP contribution < -0.4 is 10.1 Å². The number of para-hydroxylation sites is 1. The van der Waals surface area contributed by atoms with Gasteiger partial charge in [0.2, 0.25) is 5.91 Å². The molecule has 10 heteroatoms. The van der Waals surface area contributed by atoms with Crippen LogP contribution in [-0.2, 0) is 4.79 Å². The van der Waals surface area contributed by atoms with E-state index in [9.17, 15) is 4.79 Å². The highest BCUT2D eigenvalue weighted by Gasteiger charge is 2.18. The number of thioether (sulfide) groups is 1. The number of amides is 1. The number of methoxy groups -OCH3 is 1. The van der Waals surface area contributed by atoms with Crippen LogP contribution >= 0.6 is 35.0 Å². The molecule has 2 heterocycles. The van der Waals surface area contributed by atoms with Crippen LogP contribution in [0.4, 0.5) is 5.69 Å². The van der Waals surface area contributed by atoms with Crippen LogP contribution in [0, 0.1) is 0 Å². The minimum absolute atomic E-state index is 0.0862. The van der Waals surface area contributed by atoms with Crippen LogP contribution in [0.3, 0.4) is 0 Å². The molecule has 162 valence electrons. The molecule has 4 aromatic rings. The Labute approximate surface area is 198 Å². The number of ether oxygens (including phenoxy) is 1. The molecule has 0 fully saturated rings. The van der Waals surface area contributed by atoms with Crippen molar-refractivity contribution < 1.29 is 9.53 Å². The van der Waals surface area contributed by atoms with E-state index < -0.39 is 0 Å². The van der Waals surface area contributed by atoms with Crippen molar-refractivity contribution in [2.45, 2.75) is 5.16 Å². The first-order valence-electron chi connectivity index (χ1n) is 9.43. The second-order valence-electron chi connectivity index (χ2n) is 6.51. The van der Waals surface area contributed by atoms with Crippen LogP contribution in [0.25, 0.3) is 17.1 Å². The first-order valence-corrected chi connectivity index (χ1v) is 11.2. The van der Waals surface area contributed by atoms with Gasteiger partial charge in [0.25, 0.3) is 0 Å². The number of aromatic nitrogens is 4. The van der Waals surface area contributed by atoms with E-state index in [1.165, 1.54) is 11.8 Å². The smallest absolute Gasteiger partial charge is 0.234 e. The summed E-state index contributed by atoms with van der Waals surface area (Å²) in [4.78, 5) is 16.7. The number of anilines is 1. The maximum atomic E-state index is 12.6. The van der Waals surface area contributed by atoms with E-state index in [1.54, 1.807) is 37.7 Å². The highest BCUT2D eigenvalue weighted by atomic mass is 35.5. The van der Waals surface area contributed by atoms with Crippen LogP contribution in [0.5, 0.6) is 5.75 Å². The normalized spacial score (nSPS) is 10.7. The molecule has 0 atom stereocenters. The Balaban J connectivity index is 1.61. The fraction of sp³-hybridized carbons (Fsp3) is 0.0909. The number of carbonyl (C=O) groups is 1. The Morgan fingerprint density at radius 3 is 2.47 bits per heavy atom. The van der Waals surface area contributed by atoms with Gasteiger partial charge in [0.05, 0.1) is 28.6 Å². The van der Waals surface area contributed by atoms with Gasteiger partial charge in [0, 0.05) is 23.6 Å². The van der Waals surface area contributed by atoms with Gasteiger partial charge in [-0.15, -0.1) is 10.2 Å². The number of halogens is 2. The minimum Gasteiger partial charge on any atom is -0.497 e. The molecule has 32 heavy (non-hydrogen) atoms. The van der Waals surface area contributed by atoms with Crippen molar-refractivity contribution in [2.24, 2.45) is 0 Å². The van der Waals surface area contributed by atoms with Crippen molar-refractivity contribution in [3.05, 3.63) is 77.0 Å². The van der Waals surface area contributed by atoms with E-state index in [0.29, 0.717) is 26.7 Å². The predicted octanol–water partition coefficient (Wildman–Crippen LogP) is 5.38. The van der Waals surface area contributed by atoms with Crippen molar-refractivity contribution in [1.29, 1.82) is 0 Å². The maximum Gasteiger partial charge on any atom is 0.234 e. The van der Waals surface area contributed by atoms with Gasteiger partial charge < -0.3 is 10.1 Å². The molecule has 1 amide bonds. The molecule has 0 aliphatic heterocycles. The zero-order valence-corrected chi connectivity index (χ0v) is 19.2. The lowest BCUT2D eigenvalue weighted by Crippen LogP contribution is -2.15. The van der Waals surface area contributed by atoms with E-state index >= 15 is 0 Å². The molecule has 7 nitrogen and oxygen atoms in total. The summed E-state index contributed by atoms with van der Waals surface area (Å²) in [6.07, 6.45) is 3.40. The summed E-state index contributed by atoms with van der Waals surface area (Å²) in [5.41, 5.74) is 2.01. The van der Waals surface area contributed by atoms with Crippen molar-refractivity contribution in [3.63, 3.8) is 0 Å². The van der Waals surface area contributed by atoms with Crippen LogP contribution in [-0.4, -0.2) is 38.5 Å². The number of benzene rings is 2. The Bertz CT molecular complexity index is 1210. The van der Waals surface area contributed by atoms with Gasteiger partial charge in [0.1, 0.15) is 5.75 Å². The lowest BCUT2D eigenvalue weighted by Gasteiger charge is -2.12. The number of rotatable bonds is 7. The lowest BCUT2D eigenvalue weighted by molar-refractivity contribution is -0.113. The summed E-state index contributed by atoms with van der Waals surface area (Å²) in [5.74, 6) is 1.16. The third-order valence-corrected chi connectivity index (χ3v) is 6.00. The molecular formula is C22H17Cl2N5O2S. The Morgan fingerprint density at radius 1 is 1.06 bits per heavy atom. The van der Waals surface area contributed by atoms with Crippen LogP contribution in [0.15, 0.2) is 72.1 Å². The maximum absolute atomic E-state index is 12.6. The summed E-state index contributed by atoms with van der Waals surface area (Å²) in [5, 5.41) is 12.7. The standard InChI is InChI=1S/C22H17Cl2N5O2S/c1-31-16-9-7-15(8-10-16)29-21(14-4-3-11-25-12-14)27-28-22(29)32-13-19(30)26-20-17(23)5-2-6-18(20)24/h2-12H,13H2,1H3,(H,26,30). The van der Waals surface area contributed by atoms with E-state index in [4.69, 9.17) is 27.9 Å². The monoisotopic (exact) mass is 485 g/mol. The molecule has 0 radical (unpaired) electrons. The molecule has 0 saturated heterocycles.